The topological polar surface area (TPSA) is 70.5 Å². The van der Waals surface area contributed by atoms with Crippen LogP contribution in [0.25, 0.3) is 10.9 Å². The van der Waals surface area contributed by atoms with Gasteiger partial charge in [-0.15, -0.1) is 0 Å². The molecule has 0 spiro atoms. The van der Waals surface area contributed by atoms with Crippen LogP contribution in [0.4, 0.5) is 4.39 Å². The highest BCUT2D eigenvalue weighted by molar-refractivity contribution is 6.07. The van der Waals surface area contributed by atoms with E-state index < -0.39 is 11.8 Å². The predicted octanol–water partition coefficient (Wildman–Crippen LogP) is 2.94. The second-order valence-electron chi connectivity index (χ2n) is 6.59. The van der Waals surface area contributed by atoms with Gasteiger partial charge < -0.3 is 10.0 Å². The maximum atomic E-state index is 13.7. The number of aromatic nitrogens is 1. The van der Waals surface area contributed by atoms with Gasteiger partial charge in [-0.25, -0.2) is 4.39 Å². The number of fused-ring (bicyclic) bond motifs is 1. The molecule has 0 saturated heterocycles. The van der Waals surface area contributed by atoms with Crippen LogP contribution in [0.15, 0.2) is 24.3 Å². The van der Waals surface area contributed by atoms with E-state index in [0.29, 0.717) is 22.4 Å². The normalized spacial score (nSPS) is 17.0. The number of carbonyl (C=O) groups is 2. The van der Waals surface area contributed by atoms with Gasteiger partial charge in [0.2, 0.25) is 0 Å². The molecule has 5 nitrogen and oxygen atoms in total. The van der Waals surface area contributed by atoms with E-state index in [0.717, 1.165) is 31.4 Å². The first-order valence-corrected chi connectivity index (χ1v) is 8.16. The molecule has 2 aromatic rings. The molecular formula is C18H17FN2O3. The van der Waals surface area contributed by atoms with E-state index in [1.165, 1.54) is 17.0 Å². The van der Waals surface area contributed by atoms with Crippen LogP contribution in [0.1, 0.15) is 47.7 Å². The number of pyridine rings is 1. The number of hydrogen-bond donors (Lipinski definition) is 1. The highest BCUT2D eigenvalue weighted by Gasteiger charge is 2.36. The molecule has 1 heterocycles. The Morgan fingerprint density at radius 3 is 2.58 bits per heavy atom. The fourth-order valence-corrected chi connectivity index (χ4v) is 3.04. The number of carboxylic acids is 1. The smallest absolute Gasteiger partial charge is 0.323 e. The zero-order valence-corrected chi connectivity index (χ0v) is 13.0. The van der Waals surface area contributed by atoms with Crippen molar-refractivity contribution in [2.75, 3.05) is 6.54 Å². The third-order valence-corrected chi connectivity index (χ3v) is 4.57. The summed E-state index contributed by atoms with van der Waals surface area (Å²) < 4.78 is 13.7. The van der Waals surface area contributed by atoms with E-state index in [-0.39, 0.29) is 18.5 Å². The van der Waals surface area contributed by atoms with Gasteiger partial charge in [-0.2, -0.15) is 0 Å². The first-order chi connectivity index (χ1) is 11.5. The van der Waals surface area contributed by atoms with Crippen LogP contribution >= 0.6 is 0 Å². The molecule has 6 heteroatoms. The van der Waals surface area contributed by atoms with Crippen LogP contribution in [-0.2, 0) is 4.79 Å². The molecule has 2 aliphatic carbocycles. The lowest BCUT2D eigenvalue weighted by Crippen LogP contribution is -2.37. The lowest BCUT2D eigenvalue weighted by Gasteiger charge is -2.21. The summed E-state index contributed by atoms with van der Waals surface area (Å²) in [4.78, 5) is 30.0. The van der Waals surface area contributed by atoms with Gasteiger partial charge in [0, 0.05) is 23.0 Å². The van der Waals surface area contributed by atoms with Crippen molar-refractivity contribution in [2.24, 2.45) is 0 Å². The van der Waals surface area contributed by atoms with Gasteiger partial charge in [0.25, 0.3) is 5.91 Å². The zero-order valence-electron chi connectivity index (χ0n) is 13.0. The van der Waals surface area contributed by atoms with E-state index in [4.69, 9.17) is 5.11 Å². The van der Waals surface area contributed by atoms with Crippen molar-refractivity contribution in [3.8, 4) is 0 Å². The van der Waals surface area contributed by atoms with Crippen molar-refractivity contribution in [2.45, 2.75) is 37.6 Å². The van der Waals surface area contributed by atoms with Gasteiger partial charge in [-0.05, 0) is 49.9 Å². The molecule has 1 amide bonds. The van der Waals surface area contributed by atoms with Crippen LogP contribution in [0, 0.1) is 5.82 Å². The van der Waals surface area contributed by atoms with E-state index >= 15 is 0 Å². The zero-order chi connectivity index (χ0) is 16.8. The highest BCUT2D eigenvalue weighted by atomic mass is 19.1. The third-order valence-electron chi connectivity index (χ3n) is 4.57. The van der Waals surface area contributed by atoms with Crippen molar-refractivity contribution in [1.82, 2.24) is 9.88 Å². The molecule has 1 N–H and O–H groups in total. The predicted molar refractivity (Wildman–Crippen MR) is 85.4 cm³/mol. The van der Waals surface area contributed by atoms with Crippen LogP contribution in [-0.4, -0.2) is 39.5 Å². The summed E-state index contributed by atoms with van der Waals surface area (Å²) in [7, 11) is 0. The minimum absolute atomic E-state index is 0.0326. The second-order valence-corrected chi connectivity index (χ2v) is 6.59. The monoisotopic (exact) mass is 328 g/mol. The fourth-order valence-electron chi connectivity index (χ4n) is 3.04. The van der Waals surface area contributed by atoms with E-state index in [1.54, 1.807) is 12.1 Å². The number of nitrogens with zero attached hydrogens (tertiary/aromatic N) is 2. The molecule has 124 valence electrons. The molecule has 2 fully saturated rings. The Morgan fingerprint density at radius 1 is 1.21 bits per heavy atom. The molecule has 0 unspecified atom stereocenters. The van der Waals surface area contributed by atoms with Crippen molar-refractivity contribution in [3.63, 3.8) is 0 Å². The molecule has 0 bridgehead atoms. The Morgan fingerprint density at radius 2 is 1.96 bits per heavy atom. The van der Waals surface area contributed by atoms with Gasteiger partial charge in [-0.3, -0.25) is 14.6 Å². The minimum Gasteiger partial charge on any atom is -0.480 e. The Kier molecular flexibility index (Phi) is 3.48. The van der Waals surface area contributed by atoms with Crippen LogP contribution < -0.4 is 0 Å². The average Bonchev–Trinajstić information content (AvgIpc) is 3.43. The molecule has 0 radical (unpaired) electrons. The van der Waals surface area contributed by atoms with Gasteiger partial charge >= 0.3 is 5.97 Å². The summed E-state index contributed by atoms with van der Waals surface area (Å²) >= 11 is 0. The largest absolute Gasteiger partial charge is 0.480 e. The second kappa shape index (κ2) is 5.54. The summed E-state index contributed by atoms with van der Waals surface area (Å²) in [5, 5.41) is 9.55. The number of halogens is 1. The first-order valence-electron chi connectivity index (χ1n) is 8.16. The fraction of sp³-hybridized carbons (Fsp3) is 0.389. The maximum absolute atomic E-state index is 13.7. The van der Waals surface area contributed by atoms with E-state index in [9.17, 15) is 14.0 Å². The van der Waals surface area contributed by atoms with Crippen molar-refractivity contribution in [1.29, 1.82) is 0 Å². The van der Waals surface area contributed by atoms with Gasteiger partial charge in [0.1, 0.15) is 12.4 Å². The van der Waals surface area contributed by atoms with Gasteiger partial charge in [0.15, 0.2) is 0 Å². The summed E-state index contributed by atoms with van der Waals surface area (Å²) in [6, 6.07) is 5.90. The lowest BCUT2D eigenvalue weighted by molar-refractivity contribution is -0.137. The Balaban J connectivity index is 1.82. The minimum atomic E-state index is -1.04. The van der Waals surface area contributed by atoms with Crippen molar-refractivity contribution < 1.29 is 19.1 Å². The molecule has 2 saturated carbocycles. The standard InChI is InChI=1S/C18H17FN2O3/c19-11-3-6-15-13(7-11)14(8-16(20-15)10-1-2-10)18(24)21(9-17(22)23)12-4-5-12/h3,6-8,10,12H,1-2,4-5,9H2,(H,22,23). The van der Waals surface area contributed by atoms with Gasteiger partial charge in [0.05, 0.1) is 11.1 Å². The SMILES string of the molecule is O=C(O)CN(C(=O)c1cc(C2CC2)nc2ccc(F)cc12)C1CC1. The summed E-state index contributed by atoms with van der Waals surface area (Å²) in [5.41, 5.74) is 1.77. The third kappa shape index (κ3) is 2.84. The molecule has 4 rings (SSSR count). The lowest BCUT2D eigenvalue weighted by atomic mass is 10.0. The molecule has 1 aromatic heterocycles. The number of carbonyl (C=O) groups excluding carboxylic acids is 1. The molecule has 0 atom stereocenters. The Hall–Kier alpha value is -2.50. The number of amides is 1. The van der Waals surface area contributed by atoms with Crippen molar-refractivity contribution >= 4 is 22.8 Å². The molecule has 0 aliphatic heterocycles. The number of aliphatic carboxylic acids is 1. The maximum Gasteiger partial charge on any atom is 0.323 e. The average molecular weight is 328 g/mol. The Bertz CT molecular complexity index is 844. The van der Waals surface area contributed by atoms with E-state index in [2.05, 4.69) is 4.98 Å². The van der Waals surface area contributed by atoms with Crippen LogP contribution in [0.2, 0.25) is 0 Å². The van der Waals surface area contributed by atoms with Crippen LogP contribution in [0.3, 0.4) is 0 Å². The quantitative estimate of drug-likeness (QED) is 0.916. The van der Waals surface area contributed by atoms with Gasteiger partial charge in [-0.1, -0.05) is 0 Å². The summed E-state index contributed by atoms with van der Waals surface area (Å²) in [6.45, 7) is -0.332. The number of hydrogen-bond acceptors (Lipinski definition) is 3. The molecule has 1 aromatic carbocycles. The highest BCUT2D eigenvalue weighted by Crippen LogP contribution is 2.40. The number of rotatable bonds is 5. The van der Waals surface area contributed by atoms with E-state index in [1.807, 2.05) is 0 Å². The Labute approximate surface area is 138 Å². The molecule has 24 heavy (non-hydrogen) atoms. The van der Waals surface area contributed by atoms with Crippen LogP contribution in [0.5, 0.6) is 0 Å². The first kappa shape index (κ1) is 15.1. The number of benzene rings is 1. The molecule has 2 aliphatic rings. The molecular weight excluding hydrogens is 311 g/mol. The summed E-state index contributed by atoms with van der Waals surface area (Å²) in [6.07, 6.45) is 3.70. The summed E-state index contributed by atoms with van der Waals surface area (Å²) in [5.74, 6) is -1.48. The number of carboxylic acid groups (broad SMARTS) is 1. The van der Waals surface area contributed by atoms with Crippen molar-refractivity contribution in [3.05, 3.63) is 41.3 Å².